The summed E-state index contributed by atoms with van der Waals surface area (Å²) < 4.78 is 1.21. The standard InChI is InChI=1S/C13H18N4S/c1-2-17(10-4-3-6-14-8-10)13-12-11(5-7-18-12)15-9-16-13/h5,7,9-10,14H,2-4,6,8H2,1H3. The highest BCUT2D eigenvalue weighted by atomic mass is 32.1. The molecule has 4 nitrogen and oxygen atoms in total. The summed E-state index contributed by atoms with van der Waals surface area (Å²) in [5.41, 5.74) is 1.06. The number of hydrogen-bond donors (Lipinski definition) is 1. The zero-order valence-corrected chi connectivity index (χ0v) is 11.4. The van der Waals surface area contributed by atoms with E-state index in [0.29, 0.717) is 6.04 Å². The highest BCUT2D eigenvalue weighted by molar-refractivity contribution is 7.17. The molecular weight excluding hydrogens is 244 g/mol. The Kier molecular flexibility index (Phi) is 3.43. The Hall–Kier alpha value is -1.20. The number of nitrogens with zero attached hydrogens (tertiary/aromatic N) is 3. The maximum absolute atomic E-state index is 4.52. The van der Waals surface area contributed by atoms with Crippen molar-refractivity contribution < 1.29 is 0 Å². The fourth-order valence-corrected chi connectivity index (χ4v) is 3.51. The highest BCUT2D eigenvalue weighted by Crippen LogP contribution is 2.29. The zero-order chi connectivity index (χ0) is 12.4. The van der Waals surface area contributed by atoms with E-state index in [9.17, 15) is 0 Å². The molecule has 0 amide bonds. The topological polar surface area (TPSA) is 41.1 Å². The number of aromatic nitrogens is 2. The van der Waals surface area contributed by atoms with Gasteiger partial charge in [0, 0.05) is 19.1 Å². The average molecular weight is 262 g/mol. The molecule has 2 aromatic rings. The van der Waals surface area contributed by atoms with Crippen LogP contribution in [0.15, 0.2) is 17.8 Å². The second-order valence-corrected chi connectivity index (χ2v) is 5.53. The monoisotopic (exact) mass is 262 g/mol. The van der Waals surface area contributed by atoms with Crippen LogP contribution in [0.2, 0.25) is 0 Å². The van der Waals surface area contributed by atoms with Crippen molar-refractivity contribution >= 4 is 27.4 Å². The zero-order valence-electron chi connectivity index (χ0n) is 10.6. The van der Waals surface area contributed by atoms with E-state index >= 15 is 0 Å². The van der Waals surface area contributed by atoms with Gasteiger partial charge in [0.15, 0.2) is 0 Å². The van der Waals surface area contributed by atoms with Crippen LogP contribution in [-0.4, -0.2) is 35.6 Å². The van der Waals surface area contributed by atoms with Crippen LogP contribution in [0.25, 0.3) is 10.2 Å². The van der Waals surface area contributed by atoms with Gasteiger partial charge in [-0.15, -0.1) is 11.3 Å². The summed E-state index contributed by atoms with van der Waals surface area (Å²) in [5.74, 6) is 1.10. The number of rotatable bonds is 3. The molecule has 3 heterocycles. The molecule has 0 spiro atoms. The van der Waals surface area contributed by atoms with E-state index in [1.807, 2.05) is 0 Å². The largest absolute Gasteiger partial charge is 0.351 e. The number of fused-ring (bicyclic) bond motifs is 1. The van der Waals surface area contributed by atoms with E-state index in [1.165, 1.54) is 17.5 Å². The molecule has 18 heavy (non-hydrogen) atoms. The summed E-state index contributed by atoms with van der Waals surface area (Å²) in [4.78, 5) is 11.3. The molecule has 5 heteroatoms. The van der Waals surface area contributed by atoms with Crippen LogP contribution in [0.5, 0.6) is 0 Å². The molecule has 96 valence electrons. The fraction of sp³-hybridized carbons (Fsp3) is 0.538. The van der Waals surface area contributed by atoms with Crippen molar-refractivity contribution in [3.8, 4) is 0 Å². The van der Waals surface area contributed by atoms with Crippen molar-refractivity contribution in [3.05, 3.63) is 17.8 Å². The van der Waals surface area contributed by atoms with Gasteiger partial charge in [-0.05, 0) is 37.8 Å². The van der Waals surface area contributed by atoms with Crippen molar-refractivity contribution in [3.63, 3.8) is 0 Å². The maximum Gasteiger partial charge on any atom is 0.150 e. The molecule has 0 aliphatic carbocycles. The van der Waals surface area contributed by atoms with Gasteiger partial charge < -0.3 is 10.2 Å². The van der Waals surface area contributed by atoms with Gasteiger partial charge in [0.1, 0.15) is 12.1 Å². The quantitative estimate of drug-likeness (QED) is 0.921. The van der Waals surface area contributed by atoms with E-state index in [-0.39, 0.29) is 0 Å². The Morgan fingerprint density at radius 1 is 1.50 bits per heavy atom. The first-order valence-electron chi connectivity index (χ1n) is 6.55. The van der Waals surface area contributed by atoms with Crippen LogP contribution in [0.1, 0.15) is 19.8 Å². The van der Waals surface area contributed by atoms with E-state index in [2.05, 4.69) is 38.6 Å². The number of piperidine rings is 1. The van der Waals surface area contributed by atoms with Crippen LogP contribution in [-0.2, 0) is 0 Å². The minimum Gasteiger partial charge on any atom is -0.351 e. The van der Waals surface area contributed by atoms with E-state index < -0.39 is 0 Å². The van der Waals surface area contributed by atoms with Crippen LogP contribution in [0, 0.1) is 0 Å². The lowest BCUT2D eigenvalue weighted by Crippen LogP contribution is -2.46. The van der Waals surface area contributed by atoms with Crippen molar-refractivity contribution in [2.45, 2.75) is 25.8 Å². The Balaban J connectivity index is 1.97. The Morgan fingerprint density at radius 2 is 2.44 bits per heavy atom. The van der Waals surface area contributed by atoms with E-state index in [1.54, 1.807) is 17.7 Å². The first-order chi connectivity index (χ1) is 8.90. The Morgan fingerprint density at radius 3 is 3.22 bits per heavy atom. The molecule has 3 rings (SSSR count). The van der Waals surface area contributed by atoms with Gasteiger partial charge in [-0.3, -0.25) is 0 Å². The smallest absolute Gasteiger partial charge is 0.150 e. The molecule has 1 unspecified atom stereocenters. The third-order valence-electron chi connectivity index (χ3n) is 3.55. The van der Waals surface area contributed by atoms with Crippen LogP contribution >= 0.6 is 11.3 Å². The van der Waals surface area contributed by atoms with Crippen molar-refractivity contribution in [2.24, 2.45) is 0 Å². The van der Waals surface area contributed by atoms with Crippen molar-refractivity contribution in [2.75, 3.05) is 24.5 Å². The summed E-state index contributed by atoms with van der Waals surface area (Å²) in [6, 6.07) is 2.63. The summed E-state index contributed by atoms with van der Waals surface area (Å²) in [6.07, 6.45) is 4.18. The maximum atomic E-state index is 4.52. The predicted molar refractivity (Wildman–Crippen MR) is 76.3 cm³/mol. The first kappa shape index (κ1) is 11.9. The molecule has 0 bridgehead atoms. The van der Waals surface area contributed by atoms with Gasteiger partial charge in [-0.25, -0.2) is 9.97 Å². The minimum absolute atomic E-state index is 0.559. The predicted octanol–water partition coefficient (Wildman–Crippen LogP) is 2.27. The summed E-state index contributed by atoms with van der Waals surface area (Å²) in [7, 11) is 0. The van der Waals surface area contributed by atoms with Gasteiger partial charge in [0.25, 0.3) is 0 Å². The summed E-state index contributed by atoms with van der Waals surface area (Å²) >= 11 is 1.73. The molecule has 0 radical (unpaired) electrons. The molecule has 2 aromatic heterocycles. The molecule has 1 aliphatic rings. The number of likely N-dealkylation sites (N-methyl/N-ethyl adjacent to an activating group) is 1. The molecular formula is C13H18N4S. The molecule has 1 saturated heterocycles. The Bertz CT molecular complexity index is 518. The van der Waals surface area contributed by atoms with Crippen molar-refractivity contribution in [1.82, 2.24) is 15.3 Å². The lowest BCUT2D eigenvalue weighted by molar-refractivity contribution is 0.434. The number of hydrogen-bond acceptors (Lipinski definition) is 5. The third kappa shape index (κ3) is 2.08. The van der Waals surface area contributed by atoms with Gasteiger partial charge in [0.05, 0.1) is 10.2 Å². The Labute approximate surface area is 111 Å². The van der Waals surface area contributed by atoms with Crippen LogP contribution in [0.3, 0.4) is 0 Å². The summed E-state index contributed by atoms with van der Waals surface area (Å²) in [5, 5.41) is 5.57. The molecule has 1 atom stereocenters. The number of nitrogens with one attached hydrogen (secondary N) is 1. The SMILES string of the molecule is CCN(c1ncnc2ccsc12)C1CCCNC1. The van der Waals surface area contributed by atoms with Crippen molar-refractivity contribution in [1.29, 1.82) is 0 Å². The normalized spacial score (nSPS) is 20.2. The fourth-order valence-electron chi connectivity index (χ4n) is 2.66. The second-order valence-electron chi connectivity index (χ2n) is 4.62. The first-order valence-corrected chi connectivity index (χ1v) is 7.43. The lowest BCUT2D eigenvalue weighted by Gasteiger charge is -2.34. The minimum atomic E-state index is 0.559. The average Bonchev–Trinajstić information content (AvgIpc) is 2.90. The highest BCUT2D eigenvalue weighted by Gasteiger charge is 2.22. The molecule has 0 aromatic carbocycles. The van der Waals surface area contributed by atoms with Crippen LogP contribution in [0.4, 0.5) is 5.82 Å². The molecule has 1 fully saturated rings. The molecule has 1 N–H and O–H groups in total. The second kappa shape index (κ2) is 5.20. The van der Waals surface area contributed by atoms with Gasteiger partial charge in [0.2, 0.25) is 0 Å². The number of anilines is 1. The van der Waals surface area contributed by atoms with Gasteiger partial charge in [-0.2, -0.15) is 0 Å². The van der Waals surface area contributed by atoms with E-state index in [4.69, 9.17) is 0 Å². The molecule has 0 saturated carbocycles. The third-order valence-corrected chi connectivity index (χ3v) is 4.45. The number of thiophene rings is 1. The summed E-state index contributed by atoms with van der Waals surface area (Å²) in [6.45, 7) is 5.41. The lowest BCUT2D eigenvalue weighted by atomic mass is 10.1. The van der Waals surface area contributed by atoms with Gasteiger partial charge in [-0.1, -0.05) is 0 Å². The van der Waals surface area contributed by atoms with Crippen LogP contribution < -0.4 is 10.2 Å². The van der Waals surface area contributed by atoms with E-state index in [0.717, 1.165) is 31.0 Å². The molecule has 1 aliphatic heterocycles. The van der Waals surface area contributed by atoms with Gasteiger partial charge >= 0.3 is 0 Å².